The molecule has 12 heteroatoms. The molecule has 0 fully saturated rings. The van der Waals surface area contributed by atoms with Gasteiger partial charge in [-0.05, 0) is 82.2 Å². The van der Waals surface area contributed by atoms with Crippen LogP contribution in [0.5, 0.6) is 23.0 Å². The molecular formula is C40H24F6O6. The van der Waals surface area contributed by atoms with Crippen molar-refractivity contribution >= 4 is 44.7 Å². The van der Waals surface area contributed by atoms with Crippen molar-refractivity contribution in [1.29, 1.82) is 0 Å². The molecule has 6 aromatic carbocycles. The molecule has 0 radical (unpaired) electrons. The monoisotopic (exact) mass is 714 g/mol. The highest BCUT2D eigenvalue weighted by Gasteiger charge is 2.40. The van der Waals surface area contributed by atoms with E-state index in [1.165, 1.54) is 48.5 Å². The summed E-state index contributed by atoms with van der Waals surface area (Å²) in [5, 5.41) is 3.20. The fraction of sp³-hybridized carbons (Fsp3) is 0.100. The molecule has 0 aromatic heterocycles. The molecule has 0 spiro atoms. The van der Waals surface area contributed by atoms with E-state index in [2.05, 4.69) is 0 Å². The lowest BCUT2D eigenvalue weighted by Gasteiger charge is -2.20. The van der Waals surface area contributed by atoms with Crippen molar-refractivity contribution in [3.8, 4) is 34.1 Å². The van der Waals surface area contributed by atoms with Crippen LogP contribution in [0.4, 0.5) is 26.3 Å². The summed E-state index contributed by atoms with van der Waals surface area (Å²) < 4.78 is 88.9. The van der Waals surface area contributed by atoms with Crippen LogP contribution < -0.4 is 9.47 Å². The zero-order valence-electron chi connectivity index (χ0n) is 26.7. The van der Waals surface area contributed by atoms with E-state index >= 15 is 0 Å². The van der Waals surface area contributed by atoms with Crippen molar-refractivity contribution in [2.75, 3.05) is 0 Å². The van der Waals surface area contributed by atoms with Gasteiger partial charge in [0.2, 0.25) is 11.6 Å². The first-order valence-electron chi connectivity index (χ1n) is 15.5. The predicted molar refractivity (Wildman–Crippen MR) is 180 cm³/mol. The third kappa shape index (κ3) is 7.70. The first kappa shape index (κ1) is 35.5. The summed E-state index contributed by atoms with van der Waals surface area (Å²) in [7, 11) is 0. The van der Waals surface area contributed by atoms with E-state index in [9.17, 15) is 45.5 Å². The second-order valence-electron chi connectivity index (χ2n) is 11.6. The Hall–Kier alpha value is -6.30. The summed E-state index contributed by atoms with van der Waals surface area (Å²) in [5.74, 6) is -5.11. The maximum Gasteiger partial charge on any atom is 0.450 e. The number of hydrogen-bond acceptors (Lipinski definition) is 6. The summed E-state index contributed by atoms with van der Waals surface area (Å²) in [6.07, 6.45) is -12.9. The largest absolute Gasteiger partial charge is 0.457 e. The van der Waals surface area contributed by atoms with Crippen LogP contribution in [0.2, 0.25) is 0 Å². The molecule has 0 saturated heterocycles. The van der Waals surface area contributed by atoms with E-state index in [1.807, 2.05) is 60.7 Å². The van der Waals surface area contributed by atoms with Crippen LogP contribution in [0.25, 0.3) is 32.7 Å². The third-order valence-corrected chi connectivity index (χ3v) is 8.11. The van der Waals surface area contributed by atoms with E-state index in [1.54, 1.807) is 12.1 Å². The average molecular weight is 715 g/mol. The van der Waals surface area contributed by atoms with E-state index in [4.69, 9.17) is 9.47 Å². The number of ketones is 4. The Morgan fingerprint density at radius 2 is 0.788 bits per heavy atom. The molecule has 0 bridgehead atoms. The number of rotatable bonds is 11. The molecule has 0 aliphatic rings. The smallest absolute Gasteiger partial charge is 0.450 e. The van der Waals surface area contributed by atoms with Gasteiger partial charge in [0.25, 0.3) is 0 Å². The molecule has 6 aromatic rings. The number of carbonyl (C=O) groups excluding carboxylic acids is 4. The Kier molecular flexibility index (Phi) is 9.66. The highest BCUT2D eigenvalue weighted by Crippen LogP contribution is 2.47. The van der Waals surface area contributed by atoms with Crippen molar-refractivity contribution in [3.05, 3.63) is 132 Å². The molecule has 6 nitrogen and oxygen atoms in total. The second kappa shape index (κ2) is 14.1. The highest BCUT2D eigenvalue weighted by molar-refractivity contribution is 6.11. The number of ether oxygens (including phenoxy) is 2. The molecule has 6 rings (SSSR count). The van der Waals surface area contributed by atoms with Crippen molar-refractivity contribution in [2.24, 2.45) is 0 Å². The van der Waals surface area contributed by atoms with Gasteiger partial charge in [0.15, 0.2) is 11.6 Å². The maximum atomic E-state index is 12.7. The van der Waals surface area contributed by atoms with Gasteiger partial charge in [-0.25, -0.2) is 0 Å². The summed E-state index contributed by atoms with van der Waals surface area (Å²) in [5.41, 5.74) is 0.984. The number of Topliss-reactive ketones (excluding diaryl/α,β-unsaturated/α-hetero) is 4. The van der Waals surface area contributed by atoms with Gasteiger partial charge in [0, 0.05) is 22.3 Å². The predicted octanol–water partition coefficient (Wildman–Crippen LogP) is 10.7. The number of alkyl halides is 6. The Morgan fingerprint density at radius 1 is 0.442 bits per heavy atom. The van der Waals surface area contributed by atoms with Gasteiger partial charge in [0.1, 0.15) is 23.0 Å². The number of carbonyl (C=O) groups is 4. The van der Waals surface area contributed by atoms with Gasteiger partial charge in [-0.15, -0.1) is 0 Å². The fourth-order valence-electron chi connectivity index (χ4n) is 5.56. The van der Waals surface area contributed by atoms with E-state index in [-0.39, 0.29) is 22.6 Å². The first-order valence-corrected chi connectivity index (χ1v) is 15.5. The molecule has 262 valence electrons. The SMILES string of the molecule is O=C(CC(=O)C(F)(F)F)c1ccc(Oc2ccc3ccccc3c2-c2c(Oc3ccc(C(=O)CC(=O)C(F)(F)F)cc3)ccc3ccccc23)cc1. The van der Waals surface area contributed by atoms with Crippen LogP contribution in [0, 0.1) is 0 Å². The average Bonchev–Trinajstić information content (AvgIpc) is 3.11. The number of hydrogen-bond donors (Lipinski definition) is 0. The standard InChI is InChI=1S/C40H24F6O6/c41-39(42,43)35(49)21-31(47)25-9-15-27(16-10-25)51-33-19-13-23-5-1-3-7-29(23)37(33)38-30-8-4-2-6-24(30)14-20-34(38)52-28-17-11-26(12-18-28)32(48)22-36(50)40(44,45)46/h1-20H,21-22H2. The van der Waals surface area contributed by atoms with Gasteiger partial charge in [-0.1, -0.05) is 60.7 Å². The third-order valence-electron chi connectivity index (χ3n) is 8.11. The van der Waals surface area contributed by atoms with Crippen molar-refractivity contribution < 1.29 is 55.0 Å². The number of halogens is 6. The normalized spacial score (nSPS) is 11.7. The van der Waals surface area contributed by atoms with Gasteiger partial charge >= 0.3 is 12.4 Å². The lowest BCUT2D eigenvalue weighted by molar-refractivity contribution is -0.170. The Balaban J connectivity index is 1.38. The molecule has 0 saturated carbocycles. The molecule has 52 heavy (non-hydrogen) atoms. The fourth-order valence-corrected chi connectivity index (χ4v) is 5.56. The zero-order chi connectivity index (χ0) is 37.2. The minimum absolute atomic E-state index is 0.104. The van der Waals surface area contributed by atoms with E-state index < -0.39 is 48.3 Å². The van der Waals surface area contributed by atoms with Crippen molar-refractivity contribution in [2.45, 2.75) is 25.2 Å². The molecule has 0 aliphatic carbocycles. The topological polar surface area (TPSA) is 86.7 Å². The van der Waals surface area contributed by atoms with Gasteiger partial charge < -0.3 is 9.47 Å². The van der Waals surface area contributed by atoms with E-state index in [0.717, 1.165) is 21.5 Å². The molecule has 0 unspecified atom stereocenters. The molecule has 0 atom stereocenters. The highest BCUT2D eigenvalue weighted by atomic mass is 19.4. The Morgan fingerprint density at radius 3 is 1.13 bits per heavy atom. The van der Waals surface area contributed by atoms with E-state index in [0.29, 0.717) is 22.6 Å². The van der Waals surface area contributed by atoms with Crippen molar-refractivity contribution in [1.82, 2.24) is 0 Å². The number of fused-ring (bicyclic) bond motifs is 2. The zero-order valence-corrected chi connectivity index (χ0v) is 26.7. The molecule has 0 N–H and O–H groups in total. The lowest BCUT2D eigenvalue weighted by Crippen LogP contribution is -2.25. The van der Waals surface area contributed by atoms with Crippen LogP contribution in [0.1, 0.15) is 33.6 Å². The summed E-state index contributed by atoms with van der Waals surface area (Å²) in [4.78, 5) is 47.4. The lowest BCUT2D eigenvalue weighted by atomic mass is 9.92. The van der Waals surface area contributed by atoms with Gasteiger partial charge in [-0.2, -0.15) is 26.3 Å². The first-order chi connectivity index (χ1) is 24.7. The molecular weight excluding hydrogens is 690 g/mol. The second-order valence-corrected chi connectivity index (χ2v) is 11.6. The molecule has 0 amide bonds. The molecule has 0 heterocycles. The number of benzene rings is 6. The van der Waals surface area contributed by atoms with Crippen LogP contribution in [-0.4, -0.2) is 35.5 Å². The maximum absolute atomic E-state index is 12.7. The summed E-state index contributed by atoms with van der Waals surface area (Å²) in [6, 6.07) is 32.7. The van der Waals surface area contributed by atoms with Crippen LogP contribution in [0.3, 0.4) is 0 Å². The van der Waals surface area contributed by atoms with Crippen LogP contribution in [-0.2, 0) is 9.59 Å². The van der Waals surface area contributed by atoms with Crippen LogP contribution >= 0.6 is 0 Å². The summed E-state index contributed by atoms with van der Waals surface area (Å²) in [6.45, 7) is 0. The minimum Gasteiger partial charge on any atom is -0.457 e. The van der Waals surface area contributed by atoms with Crippen LogP contribution in [0.15, 0.2) is 121 Å². The molecule has 0 aliphatic heterocycles. The van der Waals surface area contributed by atoms with Gasteiger partial charge in [-0.3, -0.25) is 19.2 Å². The minimum atomic E-state index is -5.13. The van der Waals surface area contributed by atoms with Crippen molar-refractivity contribution in [3.63, 3.8) is 0 Å². The summed E-state index contributed by atoms with van der Waals surface area (Å²) >= 11 is 0. The van der Waals surface area contributed by atoms with Gasteiger partial charge in [0.05, 0.1) is 12.8 Å². The Bertz CT molecular complexity index is 2180. The Labute approximate surface area is 291 Å². The quantitative estimate of drug-likeness (QED) is 0.0754.